The van der Waals surface area contributed by atoms with E-state index in [-0.39, 0.29) is 4.90 Å². The van der Waals surface area contributed by atoms with Gasteiger partial charge in [-0.15, -0.1) is 0 Å². The Bertz CT molecular complexity index is 247. The fraction of sp³-hybridized carbons (Fsp3) is 0. The van der Waals surface area contributed by atoms with E-state index in [0.29, 0.717) is 0 Å². The predicted molar refractivity (Wildman–Crippen MR) is 26.8 cm³/mol. The highest BCUT2D eigenvalue weighted by Crippen LogP contribution is 1.99. The van der Waals surface area contributed by atoms with Crippen molar-refractivity contribution in [2.75, 3.05) is 5.73 Å². The van der Waals surface area contributed by atoms with Gasteiger partial charge in [0, 0.05) is 0 Å². The molecule has 54 valence electrons. The molecule has 0 amide bonds. The summed E-state index contributed by atoms with van der Waals surface area (Å²) in [5.74, 6) is -1.89. The number of aromatic carboxylic acids is 1. The van der Waals surface area contributed by atoms with Crippen molar-refractivity contribution in [3.8, 4) is 0 Å². The van der Waals surface area contributed by atoms with Gasteiger partial charge in [-0.1, -0.05) is 0 Å². The van der Waals surface area contributed by atoms with Gasteiger partial charge in [-0.2, -0.15) is 0 Å². The number of nitrogen functional groups attached to an aromatic ring is 1. The zero-order chi connectivity index (χ0) is 7.72. The van der Waals surface area contributed by atoms with Crippen LogP contribution in [0.1, 0.15) is 10.5 Å². The Labute approximate surface area is 54.2 Å². The maximum absolute atomic E-state index is 10.3. The molecule has 0 aromatic carbocycles. The van der Waals surface area contributed by atoms with Gasteiger partial charge in [0.25, 0.3) is 0 Å². The third-order valence-corrected chi connectivity index (χ3v) is 0.841. The number of hydrogen-bond donors (Lipinski definition) is 2. The van der Waals surface area contributed by atoms with Gasteiger partial charge in [-0.05, 0) is 4.90 Å². The summed E-state index contributed by atoms with van der Waals surface area (Å²) in [5, 5.41) is 21.5. The lowest BCUT2D eigenvalue weighted by molar-refractivity contribution is -0.804. The highest BCUT2D eigenvalue weighted by atomic mass is 16.8. The molecule has 1 rings (SSSR count). The highest BCUT2D eigenvalue weighted by molar-refractivity contribution is 5.88. The van der Waals surface area contributed by atoms with Crippen LogP contribution in [0.4, 0.5) is 5.82 Å². The molecule has 0 aliphatic heterocycles. The molecule has 0 fully saturated rings. The molecule has 0 saturated carbocycles. The second-order valence-corrected chi connectivity index (χ2v) is 1.47. The first-order valence-corrected chi connectivity index (χ1v) is 2.21. The summed E-state index contributed by atoms with van der Waals surface area (Å²) in [5.41, 5.74) is 4.24. The summed E-state index contributed by atoms with van der Waals surface area (Å²) in [7, 11) is 0. The molecule has 0 bridgehead atoms. The van der Waals surface area contributed by atoms with Crippen molar-refractivity contribution in [2.24, 2.45) is 0 Å². The standard InChI is InChI=1S/C3H3N3O4/c4-2-1(3(7)8)6(9)10-5-2/h(H2,4,5)(H,7,8). The fourth-order valence-electron chi connectivity index (χ4n) is 0.446. The second kappa shape index (κ2) is 1.87. The topological polar surface area (TPSA) is 116 Å². The van der Waals surface area contributed by atoms with Crippen LogP contribution in [-0.4, -0.2) is 16.2 Å². The average molecular weight is 145 g/mol. The van der Waals surface area contributed by atoms with Gasteiger partial charge in [-0.25, -0.2) is 4.79 Å². The lowest BCUT2D eigenvalue weighted by Crippen LogP contribution is -2.31. The third-order valence-electron chi connectivity index (χ3n) is 0.841. The second-order valence-electron chi connectivity index (χ2n) is 1.47. The van der Waals surface area contributed by atoms with Gasteiger partial charge in [-0.3, -0.25) is 4.63 Å². The van der Waals surface area contributed by atoms with Gasteiger partial charge < -0.3 is 16.0 Å². The zero-order valence-corrected chi connectivity index (χ0v) is 4.64. The summed E-state index contributed by atoms with van der Waals surface area (Å²) < 4.78 is 3.86. The summed E-state index contributed by atoms with van der Waals surface area (Å²) >= 11 is 0. The first kappa shape index (κ1) is 6.33. The highest BCUT2D eigenvalue weighted by Gasteiger charge is 2.22. The number of hydrogen-bond acceptors (Lipinski definition) is 5. The van der Waals surface area contributed by atoms with E-state index in [1.54, 1.807) is 0 Å². The molecule has 1 aromatic rings. The number of rotatable bonds is 1. The van der Waals surface area contributed by atoms with Crippen molar-refractivity contribution in [2.45, 2.75) is 0 Å². The number of carboxylic acids is 1. The van der Waals surface area contributed by atoms with Crippen molar-refractivity contribution in [3.63, 3.8) is 0 Å². The Morgan fingerprint density at radius 3 is 2.70 bits per heavy atom. The Kier molecular flexibility index (Phi) is 1.18. The largest absolute Gasteiger partial charge is 0.475 e. The minimum atomic E-state index is -1.46. The lowest BCUT2D eigenvalue weighted by Gasteiger charge is -1.85. The Morgan fingerprint density at radius 2 is 2.50 bits per heavy atom. The van der Waals surface area contributed by atoms with Crippen molar-refractivity contribution < 1.29 is 19.4 Å². The Hall–Kier alpha value is -1.79. The minimum absolute atomic E-state index is 0.266. The number of nitrogens with zero attached hydrogens (tertiary/aromatic N) is 2. The van der Waals surface area contributed by atoms with Crippen molar-refractivity contribution in [1.29, 1.82) is 0 Å². The molecule has 0 atom stereocenters. The normalized spacial score (nSPS) is 9.60. The molecule has 0 aliphatic carbocycles. The van der Waals surface area contributed by atoms with Crippen LogP contribution in [0.5, 0.6) is 0 Å². The van der Waals surface area contributed by atoms with E-state index >= 15 is 0 Å². The Balaban J connectivity index is 3.23. The number of carboxylic acid groups (broad SMARTS) is 1. The maximum atomic E-state index is 10.3. The molecule has 7 heteroatoms. The number of nitrogens with two attached hydrogens (primary N) is 1. The van der Waals surface area contributed by atoms with E-state index in [1.165, 1.54) is 0 Å². The first-order chi connectivity index (χ1) is 4.63. The molecule has 0 aliphatic rings. The van der Waals surface area contributed by atoms with Crippen LogP contribution in [0.2, 0.25) is 0 Å². The number of carbonyl (C=O) groups is 1. The van der Waals surface area contributed by atoms with E-state index in [0.717, 1.165) is 0 Å². The van der Waals surface area contributed by atoms with Crippen LogP contribution in [-0.2, 0) is 0 Å². The van der Waals surface area contributed by atoms with E-state index in [1.807, 2.05) is 0 Å². The van der Waals surface area contributed by atoms with Gasteiger partial charge in [0.15, 0.2) is 0 Å². The van der Waals surface area contributed by atoms with E-state index in [4.69, 9.17) is 10.8 Å². The maximum Gasteiger partial charge on any atom is 0.386 e. The number of aromatic nitrogens is 2. The summed E-state index contributed by atoms with van der Waals surface area (Å²) in [6, 6.07) is 0. The molecular weight excluding hydrogens is 142 g/mol. The van der Waals surface area contributed by atoms with Gasteiger partial charge in [0.05, 0.1) is 5.16 Å². The summed E-state index contributed by atoms with van der Waals surface area (Å²) in [4.78, 5) is 9.84. The van der Waals surface area contributed by atoms with Gasteiger partial charge in [0.1, 0.15) is 0 Å². The SMILES string of the molecule is Nc1no[n+]([O-])c1C(=O)O. The van der Waals surface area contributed by atoms with Crippen LogP contribution in [0.3, 0.4) is 0 Å². The molecule has 1 heterocycles. The summed E-state index contributed by atoms with van der Waals surface area (Å²) in [6.45, 7) is 0. The molecule has 10 heavy (non-hydrogen) atoms. The van der Waals surface area contributed by atoms with E-state index < -0.39 is 17.5 Å². The summed E-state index contributed by atoms with van der Waals surface area (Å²) in [6.07, 6.45) is 0. The van der Waals surface area contributed by atoms with Crippen molar-refractivity contribution in [1.82, 2.24) is 5.16 Å². The molecule has 0 saturated heterocycles. The molecule has 1 aromatic heterocycles. The number of anilines is 1. The third kappa shape index (κ3) is 0.729. The van der Waals surface area contributed by atoms with Crippen LogP contribution in [0, 0.1) is 5.21 Å². The minimum Gasteiger partial charge on any atom is -0.475 e. The lowest BCUT2D eigenvalue weighted by atomic mass is 10.4. The van der Waals surface area contributed by atoms with Crippen LogP contribution < -0.4 is 10.6 Å². The molecule has 0 unspecified atom stereocenters. The van der Waals surface area contributed by atoms with Crippen molar-refractivity contribution in [3.05, 3.63) is 10.9 Å². The molecule has 0 radical (unpaired) electrons. The van der Waals surface area contributed by atoms with Gasteiger partial charge >= 0.3 is 17.5 Å². The van der Waals surface area contributed by atoms with Crippen molar-refractivity contribution >= 4 is 11.8 Å². The Morgan fingerprint density at radius 1 is 1.90 bits per heavy atom. The van der Waals surface area contributed by atoms with Crippen LogP contribution in [0.15, 0.2) is 4.63 Å². The van der Waals surface area contributed by atoms with E-state index in [2.05, 4.69) is 9.79 Å². The smallest absolute Gasteiger partial charge is 0.386 e. The molecule has 7 nitrogen and oxygen atoms in total. The quantitative estimate of drug-likeness (QED) is 0.469. The molecule has 3 N–H and O–H groups in total. The predicted octanol–water partition coefficient (Wildman–Crippen LogP) is -1.41. The van der Waals surface area contributed by atoms with Crippen LogP contribution in [0.25, 0.3) is 0 Å². The zero-order valence-electron chi connectivity index (χ0n) is 4.64. The average Bonchev–Trinajstić information content (AvgIpc) is 2.11. The van der Waals surface area contributed by atoms with Crippen LogP contribution >= 0.6 is 0 Å². The van der Waals surface area contributed by atoms with Gasteiger partial charge in [0.2, 0.25) is 0 Å². The molecular formula is C3H3N3O4. The van der Waals surface area contributed by atoms with E-state index in [9.17, 15) is 10.0 Å². The first-order valence-electron chi connectivity index (χ1n) is 2.21. The monoisotopic (exact) mass is 145 g/mol. The fourth-order valence-corrected chi connectivity index (χ4v) is 0.446. The molecule has 0 spiro atoms.